The quantitative estimate of drug-likeness (QED) is 0.332. The summed E-state index contributed by atoms with van der Waals surface area (Å²) in [5.41, 5.74) is 4.44. The number of nitrogens with zero attached hydrogens (tertiary/aromatic N) is 1. The second kappa shape index (κ2) is 10.9. The number of ether oxygens (including phenoxy) is 1. The number of carbonyl (C=O) groups excluding carboxylic acids is 2. The van der Waals surface area contributed by atoms with Gasteiger partial charge in [0.15, 0.2) is 5.78 Å². The fourth-order valence-electron chi connectivity index (χ4n) is 5.53. The van der Waals surface area contributed by atoms with Crippen LogP contribution in [0.4, 0.5) is 11.4 Å². The number of allylic oxidation sites excluding steroid dienone is 1. The fourth-order valence-corrected chi connectivity index (χ4v) is 5.53. The Hall–Kier alpha value is -3.86. The number of fused-ring (bicyclic) bond motifs is 1. The zero-order valence-electron chi connectivity index (χ0n) is 22.5. The SMILES string of the molecule is CCCCCOc1ccc([C@H]2C3=C(CC(C)(C)CC3=O)Nc3ccccc3N2C(=O)c2ccccc2)cc1. The highest BCUT2D eigenvalue weighted by Gasteiger charge is 2.43. The molecule has 5 heteroatoms. The highest BCUT2D eigenvalue weighted by atomic mass is 16.5. The number of carbonyl (C=O) groups is 2. The van der Waals surface area contributed by atoms with Crippen LogP contribution in [0.25, 0.3) is 0 Å². The number of hydrogen-bond acceptors (Lipinski definition) is 4. The molecule has 0 fully saturated rings. The summed E-state index contributed by atoms with van der Waals surface area (Å²) in [6.07, 6.45) is 4.46. The van der Waals surface area contributed by atoms with Crippen molar-refractivity contribution in [1.82, 2.24) is 0 Å². The molecule has 1 heterocycles. The smallest absolute Gasteiger partial charge is 0.259 e. The highest BCUT2D eigenvalue weighted by Crippen LogP contribution is 2.48. The number of unbranched alkanes of at least 4 members (excludes halogenated alkanes) is 2. The predicted molar refractivity (Wildman–Crippen MR) is 153 cm³/mol. The molecule has 3 aromatic rings. The van der Waals surface area contributed by atoms with Crippen LogP contribution in [-0.2, 0) is 4.79 Å². The molecule has 0 saturated carbocycles. The third-order valence-corrected chi connectivity index (χ3v) is 7.35. The molecular formula is C33H36N2O3. The summed E-state index contributed by atoms with van der Waals surface area (Å²) in [5.74, 6) is 0.728. The van der Waals surface area contributed by atoms with Gasteiger partial charge in [-0.15, -0.1) is 0 Å². The number of anilines is 2. The lowest BCUT2D eigenvalue weighted by molar-refractivity contribution is -0.118. The summed E-state index contributed by atoms with van der Waals surface area (Å²) in [4.78, 5) is 29.9. The minimum atomic E-state index is -0.563. The van der Waals surface area contributed by atoms with Crippen molar-refractivity contribution in [3.8, 4) is 5.75 Å². The number of hydrogen-bond donors (Lipinski definition) is 1. The molecular weight excluding hydrogens is 472 g/mol. The van der Waals surface area contributed by atoms with Gasteiger partial charge in [-0.25, -0.2) is 0 Å². The minimum Gasteiger partial charge on any atom is -0.494 e. The van der Waals surface area contributed by atoms with E-state index in [-0.39, 0.29) is 17.1 Å². The van der Waals surface area contributed by atoms with Gasteiger partial charge in [-0.3, -0.25) is 14.5 Å². The number of Topliss-reactive ketones (excluding diaryl/α,β-unsaturated/α-hetero) is 1. The second-order valence-electron chi connectivity index (χ2n) is 11.0. The van der Waals surface area contributed by atoms with Crippen molar-refractivity contribution in [2.45, 2.75) is 58.9 Å². The van der Waals surface area contributed by atoms with E-state index in [0.717, 1.165) is 54.1 Å². The van der Waals surface area contributed by atoms with E-state index in [1.54, 1.807) is 4.90 Å². The van der Waals surface area contributed by atoms with E-state index in [4.69, 9.17) is 4.74 Å². The maximum atomic E-state index is 14.2. The first kappa shape index (κ1) is 25.8. The molecule has 5 nitrogen and oxygen atoms in total. The average molecular weight is 509 g/mol. The van der Waals surface area contributed by atoms with Gasteiger partial charge in [-0.1, -0.05) is 76.1 Å². The van der Waals surface area contributed by atoms with Crippen molar-refractivity contribution in [1.29, 1.82) is 0 Å². The third kappa shape index (κ3) is 5.24. The Morgan fingerprint density at radius 3 is 2.39 bits per heavy atom. The summed E-state index contributed by atoms with van der Waals surface area (Å²) >= 11 is 0. The highest BCUT2D eigenvalue weighted by molar-refractivity contribution is 6.12. The number of para-hydroxylation sites is 2. The molecule has 0 unspecified atom stereocenters. The van der Waals surface area contributed by atoms with Gasteiger partial charge in [-0.2, -0.15) is 0 Å². The largest absolute Gasteiger partial charge is 0.494 e. The number of amides is 1. The Kier molecular flexibility index (Phi) is 7.37. The maximum absolute atomic E-state index is 14.2. The van der Waals surface area contributed by atoms with Crippen LogP contribution >= 0.6 is 0 Å². The van der Waals surface area contributed by atoms with Crippen molar-refractivity contribution in [2.75, 3.05) is 16.8 Å². The summed E-state index contributed by atoms with van der Waals surface area (Å²) in [6, 6.07) is 24.5. The lowest BCUT2D eigenvalue weighted by atomic mass is 9.73. The molecule has 0 saturated heterocycles. The van der Waals surface area contributed by atoms with Crippen LogP contribution in [0, 0.1) is 5.41 Å². The predicted octanol–water partition coefficient (Wildman–Crippen LogP) is 7.71. The van der Waals surface area contributed by atoms with Gasteiger partial charge in [0.05, 0.1) is 24.0 Å². The van der Waals surface area contributed by atoms with Crippen LogP contribution in [0.2, 0.25) is 0 Å². The molecule has 0 spiro atoms. The van der Waals surface area contributed by atoms with Crippen molar-refractivity contribution in [3.05, 3.63) is 101 Å². The number of ketones is 1. The van der Waals surface area contributed by atoms with Gasteiger partial charge < -0.3 is 10.1 Å². The lowest BCUT2D eigenvalue weighted by Gasteiger charge is -2.37. The number of nitrogens with one attached hydrogen (secondary N) is 1. The second-order valence-corrected chi connectivity index (χ2v) is 11.0. The standard InChI is InChI=1S/C33H36N2O3/c1-4-5-11-20-38-25-18-16-23(17-19-25)31-30-27(21-33(2,3)22-29(30)36)34-26-14-9-10-15-28(26)35(31)32(37)24-12-7-6-8-13-24/h6-10,12-19,31,34H,4-5,11,20-22H2,1-3H3/t31-/m0/s1. The molecule has 0 bridgehead atoms. The third-order valence-electron chi connectivity index (χ3n) is 7.35. The lowest BCUT2D eigenvalue weighted by Crippen LogP contribution is -2.39. The van der Waals surface area contributed by atoms with Crippen molar-refractivity contribution in [3.63, 3.8) is 0 Å². The molecule has 5 rings (SSSR count). The summed E-state index contributed by atoms with van der Waals surface area (Å²) < 4.78 is 5.96. The van der Waals surface area contributed by atoms with E-state index in [2.05, 4.69) is 26.1 Å². The monoisotopic (exact) mass is 508 g/mol. The van der Waals surface area contributed by atoms with Crippen molar-refractivity contribution in [2.24, 2.45) is 5.41 Å². The van der Waals surface area contributed by atoms with Gasteiger partial charge in [0.25, 0.3) is 5.91 Å². The average Bonchev–Trinajstić information content (AvgIpc) is 3.05. The Labute approximate surface area is 225 Å². The summed E-state index contributed by atoms with van der Waals surface area (Å²) in [5, 5.41) is 3.57. The van der Waals surface area contributed by atoms with E-state index < -0.39 is 6.04 Å². The van der Waals surface area contributed by atoms with Crippen molar-refractivity contribution >= 4 is 23.1 Å². The van der Waals surface area contributed by atoms with Crippen LogP contribution in [0.15, 0.2) is 90.1 Å². The van der Waals surface area contributed by atoms with Crippen LogP contribution in [0.3, 0.4) is 0 Å². The van der Waals surface area contributed by atoms with Crippen LogP contribution < -0.4 is 15.0 Å². The molecule has 1 atom stereocenters. The molecule has 196 valence electrons. The number of rotatable bonds is 7. The molecule has 1 N–H and O–H groups in total. The fraction of sp³-hybridized carbons (Fsp3) is 0.333. The molecule has 1 aliphatic carbocycles. The molecule has 1 aliphatic heterocycles. The van der Waals surface area contributed by atoms with Crippen molar-refractivity contribution < 1.29 is 14.3 Å². The normalized spacial score (nSPS) is 18.2. The minimum absolute atomic E-state index is 0.0762. The van der Waals surface area contributed by atoms with E-state index in [9.17, 15) is 9.59 Å². The Bertz CT molecular complexity index is 1340. The molecule has 3 aromatic carbocycles. The first-order valence-corrected chi connectivity index (χ1v) is 13.6. The molecule has 38 heavy (non-hydrogen) atoms. The van der Waals surface area contributed by atoms with Crippen LogP contribution in [-0.4, -0.2) is 18.3 Å². The number of benzene rings is 3. The molecule has 0 radical (unpaired) electrons. The van der Waals surface area contributed by atoms with Crippen LogP contribution in [0.5, 0.6) is 5.75 Å². The Balaban J connectivity index is 1.64. The summed E-state index contributed by atoms with van der Waals surface area (Å²) in [6.45, 7) is 7.10. The van der Waals surface area contributed by atoms with Gasteiger partial charge in [0.1, 0.15) is 5.75 Å². The van der Waals surface area contributed by atoms with Gasteiger partial charge in [0, 0.05) is 23.3 Å². The topological polar surface area (TPSA) is 58.6 Å². The van der Waals surface area contributed by atoms with Gasteiger partial charge >= 0.3 is 0 Å². The molecule has 2 aliphatic rings. The van der Waals surface area contributed by atoms with E-state index in [1.165, 1.54) is 0 Å². The van der Waals surface area contributed by atoms with E-state index in [0.29, 0.717) is 24.2 Å². The zero-order valence-corrected chi connectivity index (χ0v) is 22.5. The Morgan fingerprint density at radius 2 is 1.66 bits per heavy atom. The molecule has 0 aromatic heterocycles. The van der Waals surface area contributed by atoms with Gasteiger partial charge in [-0.05, 0) is 60.2 Å². The first-order chi connectivity index (χ1) is 18.4. The van der Waals surface area contributed by atoms with E-state index >= 15 is 0 Å². The Morgan fingerprint density at radius 1 is 0.947 bits per heavy atom. The maximum Gasteiger partial charge on any atom is 0.259 e. The van der Waals surface area contributed by atoms with Gasteiger partial charge in [0.2, 0.25) is 0 Å². The zero-order chi connectivity index (χ0) is 26.7. The van der Waals surface area contributed by atoms with E-state index in [1.807, 2.05) is 78.9 Å². The van der Waals surface area contributed by atoms with Crippen LogP contribution in [0.1, 0.15) is 74.8 Å². The molecule has 1 amide bonds. The summed E-state index contributed by atoms with van der Waals surface area (Å²) in [7, 11) is 0. The first-order valence-electron chi connectivity index (χ1n) is 13.6.